The predicted octanol–water partition coefficient (Wildman–Crippen LogP) is 3.02. The first kappa shape index (κ1) is 19.9. The van der Waals surface area contributed by atoms with E-state index in [-0.39, 0.29) is 11.7 Å². The molecule has 5 rings (SSSR count). The Morgan fingerprint density at radius 1 is 0.969 bits per heavy atom. The van der Waals surface area contributed by atoms with Crippen molar-refractivity contribution in [2.45, 2.75) is 6.92 Å². The van der Waals surface area contributed by atoms with Crippen molar-refractivity contribution in [2.24, 2.45) is 0 Å². The summed E-state index contributed by atoms with van der Waals surface area (Å²) in [6.07, 6.45) is 3.53. The van der Waals surface area contributed by atoms with Crippen molar-refractivity contribution in [1.82, 2.24) is 19.5 Å². The van der Waals surface area contributed by atoms with Crippen LogP contribution in [0.15, 0.2) is 60.9 Å². The zero-order chi connectivity index (χ0) is 22.2. The number of piperazine rings is 1. The minimum atomic E-state index is 0.125. The summed E-state index contributed by atoms with van der Waals surface area (Å²) in [5.41, 5.74) is 11.7. The van der Waals surface area contributed by atoms with Gasteiger partial charge in [0.25, 0.3) is 0 Å². The molecule has 0 saturated carbocycles. The Hall–Kier alpha value is -4.07. The maximum Gasteiger partial charge on any atom is 0.219 e. The molecule has 3 heterocycles. The van der Waals surface area contributed by atoms with Crippen LogP contribution in [0.25, 0.3) is 27.9 Å². The molecule has 1 saturated heterocycles. The van der Waals surface area contributed by atoms with E-state index < -0.39 is 0 Å². The summed E-state index contributed by atoms with van der Waals surface area (Å²) in [6.45, 7) is 4.69. The van der Waals surface area contributed by atoms with Gasteiger partial charge in [0.15, 0.2) is 5.65 Å². The Morgan fingerprint density at radius 3 is 2.44 bits per heavy atom. The third kappa shape index (κ3) is 3.49. The van der Waals surface area contributed by atoms with Crippen LogP contribution in [0.5, 0.6) is 5.75 Å². The summed E-state index contributed by atoms with van der Waals surface area (Å²) in [6, 6.07) is 15.1. The highest BCUT2D eigenvalue weighted by Crippen LogP contribution is 2.32. The SMILES string of the molecule is CC(=O)N1CCN(c2cccc(-c3cnn4c(N)c(-c5ccc(O)cc5)cnc34)c2)CC1. The van der Waals surface area contributed by atoms with Crippen LogP contribution in [0.1, 0.15) is 6.92 Å². The molecule has 1 amide bonds. The van der Waals surface area contributed by atoms with Crippen LogP contribution in [0.2, 0.25) is 0 Å². The van der Waals surface area contributed by atoms with Crippen LogP contribution in [0.3, 0.4) is 0 Å². The summed E-state index contributed by atoms with van der Waals surface area (Å²) in [4.78, 5) is 20.4. The molecule has 4 aromatic rings. The molecule has 1 aliphatic rings. The number of carbonyl (C=O) groups excluding carboxylic acids is 1. The number of fused-ring (bicyclic) bond motifs is 1. The lowest BCUT2D eigenvalue weighted by Crippen LogP contribution is -2.48. The molecule has 0 spiro atoms. The number of anilines is 2. The van der Waals surface area contributed by atoms with Crippen molar-refractivity contribution in [3.63, 3.8) is 0 Å². The van der Waals surface area contributed by atoms with Crippen molar-refractivity contribution in [1.29, 1.82) is 0 Å². The van der Waals surface area contributed by atoms with E-state index in [4.69, 9.17) is 5.73 Å². The first-order valence-corrected chi connectivity index (χ1v) is 10.5. The summed E-state index contributed by atoms with van der Waals surface area (Å²) in [7, 11) is 0. The molecule has 1 fully saturated rings. The summed E-state index contributed by atoms with van der Waals surface area (Å²) >= 11 is 0. The number of hydrogen-bond acceptors (Lipinski definition) is 6. The monoisotopic (exact) mass is 428 g/mol. The van der Waals surface area contributed by atoms with E-state index in [1.807, 2.05) is 17.0 Å². The quantitative estimate of drug-likeness (QED) is 0.520. The fraction of sp³-hybridized carbons (Fsp3) is 0.208. The third-order valence-corrected chi connectivity index (χ3v) is 5.99. The van der Waals surface area contributed by atoms with Gasteiger partial charge in [-0.25, -0.2) is 4.98 Å². The number of phenolic OH excluding ortho intramolecular Hbond substituents is 1. The fourth-order valence-corrected chi connectivity index (χ4v) is 4.17. The molecule has 2 aromatic carbocycles. The lowest BCUT2D eigenvalue weighted by atomic mass is 10.1. The lowest BCUT2D eigenvalue weighted by molar-refractivity contribution is -0.129. The van der Waals surface area contributed by atoms with Gasteiger partial charge >= 0.3 is 0 Å². The molecular weight excluding hydrogens is 404 g/mol. The molecule has 0 radical (unpaired) electrons. The van der Waals surface area contributed by atoms with Gasteiger partial charge < -0.3 is 20.6 Å². The molecule has 3 N–H and O–H groups in total. The highest BCUT2D eigenvalue weighted by atomic mass is 16.3. The van der Waals surface area contributed by atoms with Crippen molar-refractivity contribution in [2.75, 3.05) is 36.8 Å². The molecule has 0 unspecified atom stereocenters. The van der Waals surface area contributed by atoms with Crippen LogP contribution >= 0.6 is 0 Å². The second-order valence-electron chi connectivity index (χ2n) is 7.94. The zero-order valence-corrected chi connectivity index (χ0v) is 17.8. The van der Waals surface area contributed by atoms with Crippen LogP contribution in [-0.2, 0) is 4.79 Å². The van der Waals surface area contributed by atoms with Gasteiger partial charge in [0.2, 0.25) is 5.91 Å². The number of nitrogen functional groups attached to an aromatic ring is 1. The maximum absolute atomic E-state index is 11.6. The summed E-state index contributed by atoms with van der Waals surface area (Å²) in [5.74, 6) is 0.814. The molecule has 8 nitrogen and oxygen atoms in total. The topological polar surface area (TPSA) is 100.0 Å². The van der Waals surface area contributed by atoms with Gasteiger partial charge in [0.05, 0.1) is 6.20 Å². The minimum Gasteiger partial charge on any atom is -0.508 e. The van der Waals surface area contributed by atoms with Crippen molar-refractivity contribution in [3.05, 3.63) is 60.9 Å². The predicted molar refractivity (Wildman–Crippen MR) is 124 cm³/mol. The Balaban J connectivity index is 1.47. The van der Waals surface area contributed by atoms with E-state index in [0.717, 1.165) is 54.1 Å². The number of rotatable bonds is 3. The Bertz CT molecular complexity index is 1290. The van der Waals surface area contributed by atoms with E-state index in [1.54, 1.807) is 48.1 Å². The average Bonchev–Trinajstić information content (AvgIpc) is 3.25. The minimum absolute atomic E-state index is 0.125. The number of aromatic nitrogens is 3. The van der Waals surface area contributed by atoms with Crippen LogP contribution < -0.4 is 10.6 Å². The summed E-state index contributed by atoms with van der Waals surface area (Å²) in [5, 5.41) is 14.0. The van der Waals surface area contributed by atoms with Crippen molar-refractivity contribution < 1.29 is 9.90 Å². The van der Waals surface area contributed by atoms with E-state index in [2.05, 4.69) is 27.1 Å². The van der Waals surface area contributed by atoms with Gasteiger partial charge in [0.1, 0.15) is 11.6 Å². The van der Waals surface area contributed by atoms with E-state index >= 15 is 0 Å². The van der Waals surface area contributed by atoms with E-state index in [9.17, 15) is 9.90 Å². The molecule has 8 heteroatoms. The molecular formula is C24H24N6O2. The second-order valence-corrected chi connectivity index (χ2v) is 7.94. The van der Waals surface area contributed by atoms with E-state index in [1.165, 1.54) is 0 Å². The number of aromatic hydroxyl groups is 1. The summed E-state index contributed by atoms with van der Waals surface area (Å²) < 4.78 is 1.65. The van der Waals surface area contributed by atoms with Crippen LogP contribution in [0, 0.1) is 0 Å². The Kier molecular flexibility index (Phi) is 4.89. The second kappa shape index (κ2) is 7.88. The van der Waals surface area contributed by atoms with Gasteiger partial charge in [0, 0.05) is 56.1 Å². The molecule has 0 bridgehead atoms. The molecule has 32 heavy (non-hydrogen) atoms. The number of nitrogens with zero attached hydrogens (tertiary/aromatic N) is 5. The molecule has 162 valence electrons. The van der Waals surface area contributed by atoms with Gasteiger partial charge in [-0.2, -0.15) is 9.61 Å². The van der Waals surface area contributed by atoms with E-state index in [0.29, 0.717) is 11.5 Å². The Morgan fingerprint density at radius 2 is 1.72 bits per heavy atom. The van der Waals surface area contributed by atoms with Crippen molar-refractivity contribution in [3.8, 4) is 28.0 Å². The molecule has 2 aromatic heterocycles. The van der Waals surface area contributed by atoms with Crippen LogP contribution in [-0.4, -0.2) is 56.7 Å². The first-order valence-electron chi connectivity index (χ1n) is 10.5. The Labute approximate surface area is 185 Å². The lowest BCUT2D eigenvalue weighted by Gasteiger charge is -2.35. The number of carbonyl (C=O) groups is 1. The standard InChI is InChI=1S/C24H24N6O2/c1-16(31)28-9-11-29(12-10-28)19-4-2-3-18(13-19)22-15-27-30-23(25)21(14-26-24(22)30)17-5-7-20(32)8-6-17/h2-8,13-15,32H,9-12,25H2,1H3. The maximum atomic E-state index is 11.6. The largest absolute Gasteiger partial charge is 0.508 e. The number of phenols is 1. The normalized spacial score (nSPS) is 14.2. The van der Waals surface area contributed by atoms with Gasteiger partial charge in [-0.1, -0.05) is 24.3 Å². The smallest absolute Gasteiger partial charge is 0.219 e. The first-order chi connectivity index (χ1) is 15.5. The van der Waals surface area contributed by atoms with Crippen LogP contribution in [0.4, 0.5) is 11.5 Å². The number of hydrogen-bond donors (Lipinski definition) is 2. The zero-order valence-electron chi connectivity index (χ0n) is 17.8. The molecule has 0 atom stereocenters. The van der Waals surface area contributed by atoms with Gasteiger partial charge in [-0.15, -0.1) is 0 Å². The molecule has 1 aliphatic heterocycles. The number of benzene rings is 2. The van der Waals surface area contributed by atoms with Crippen molar-refractivity contribution >= 4 is 23.1 Å². The van der Waals surface area contributed by atoms with Gasteiger partial charge in [-0.05, 0) is 35.4 Å². The highest BCUT2D eigenvalue weighted by Gasteiger charge is 2.20. The van der Waals surface area contributed by atoms with Gasteiger partial charge in [-0.3, -0.25) is 4.79 Å². The fourth-order valence-electron chi connectivity index (χ4n) is 4.17. The number of nitrogens with two attached hydrogens (primary N) is 1. The average molecular weight is 428 g/mol. The highest BCUT2D eigenvalue weighted by molar-refractivity contribution is 5.83. The number of amides is 1. The molecule has 0 aliphatic carbocycles. The third-order valence-electron chi connectivity index (χ3n) is 5.99.